The Balaban J connectivity index is 1.60. The molecule has 0 radical (unpaired) electrons. The van der Waals surface area contributed by atoms with Crippen LogP contribution >= 0.6 is 0 Å². The highest BCUT2D eigenvalue weighted by atomic mass is 16.1. The maximum absolute atomic E-state index is 14.4. The number of nitrogens with one attached hydrogen (secondary N) is 1. The minimum atomic E-state index is 0.114. The van der Waals surface area contributed by atoms with Gasteiger partial charge < -0.3 is 0 Å². The van der Waals surface area contributed by atoms with Crippen molar-refractivity contribution in [3.63, 3.8) is 0 Å². The van der Waals surface area contributed by atoms with E-state index >= 15 is 0 Å². The van der Waals surface area contributed by atoms with Gasteiger partial charge in [-0.05, 0) is 71.4 Å². The molecule has 1 aliphatic carbocycles. The van der Waals surface area contributed by atoms with Crippen LogP contribution < -0.4 is 5.69 Å². The van der Waals surface area contributed by atoms with Crippen LogP contribution in [-0.4, -0.2) is 34.7 Å². The Labute approximate surface area is 237 Å². The zero-order valence-corrected chi connectivity index (χ0v) is 24.4. The van der Waals surface area contributed by atoms with Crippen LogP contribution in [0.4, 0.5) is 0 Å². The van der Waals surface area contributed by atoms with E-state index in [2.05, 4.69) is 70.1 Å². The van der Waals surface area contributed by atoms with Crippen molar-refractivity contribution in [2.75, 3.05) is 0 Å². The van der Waals surface area contributed by atoms with E-state index in [9.17, 15) is 4.79 Å². The van der Waals surface area contributed by atoms with Crippen LogP contribution in [0.25, 0.3) is 22.5 Å². The van der Waals surface area contributed by atoms with Gasteiger partial charge in [-0.25, -0.2) is 4.79 Å². The third-order valence-corrected chi connectivity index (χ3v) is 8.89. The second kappa shape index (κ2) is 12.7. The zero-order valence-electron chi connectivity index (χ0n) is 24.4. The molecule has 4 aromatic rings. The molecular weight excluding hydrogens is 498 g/mol. The van der Waals surface area contributed by atoms with Crippen molar-refractivity contribution >= 4 is 0 Å². The van der Waals surface area contributed by atoms with Crippen molar-refractivity contribution in [2.45, 2.75) is 91.6 Å². The standard InChI is InChI=1S/C32H43N7O/c1-5-7-13-25-21-39(30-23(6-2)12-8-9-14-26(30)22(3)4)32(40)38(25)20-24-19-33-18-17-27(24)28-15-10-11-16-29(28)31-34-36-37-35-31/h10-11,15-19,21-23,26,30H,5-9,12-14,20H2,1-4H3,(H,34,35,36,37). The number of aryl methyl sites for hydroxylation is 1. The highest BCUT2D eigenvalue weighted by Gasteiger charge is 2.35. The summed E-state index contributed by atoms with van der Waals surface area (Å²) in [6.07, 6.45) is 15.0. The number of H-pyrrole nitrogens is 1. The topological polar surface area (TPSA) is 94.3 Å². The smallest absolute Gasteiger partial charge is 0.295 e. The average molecular weight is 542 g/mol. The fraction of sp³-hybridized carbons (Fsp3) is 0.531. The van der Waals surface area contributed by atoms with E-state index < -0.39 is 0 Å². The summed E-state index contributed by atoms with van der Waals surface area (Å²) >= 11 is 0. The fourth-order valence-electron chi connectivity index (χ4n) is 6.75. The first-order chi connectivity index (χ1) is 19.5. The Morgan fingerprint density at radius 3 is 2.58 bits per heavy atom. The molecule has 3 atom stereocenters. The van der Waals surface area contributed by atoms with Gasteiger partial charge in [0.25, 0.3) is 0 Å². The molecule has 3 unspecified atom stereocenters. The summed E-state index contributed by atoms with van der Waals surface area (Å²) in [4.78, 5) is 18.9. The van der Waals surface area contributed by atoms with E-state index in [-0.39, 0.29) is 11.7 Å². The number of imidazole rings is 1. The molecule has 0 aliphatic heterocycles. The zero-order chi connectivity index (χ0) is 28.1. The SMILES string of the molecule is CCCCc1cn(C2C(CC)CCCCC2C(C)C)c(=O)n1Cc1cnccc1-c1ccccc1-c1nn[nH]n1. The van der Waals surface area contributed by atoms with Gasteiger partial charge in [0.2, 0.25) is 5.82 Å². The Bertz CT molecular complexity index is 1440. The molecule has 3 aromatic heterocycles. The third-order valence-electron chi connectivity index (χ3n) is 8.89. The number of benzene rings is 1. The normalized spacial score (nSPS) is 19.7. The van der Waals surface area contributed by atoms with Gasteiger partial charge in [-0.1, -0.05) is 77.6 Å². The first-order valence-electron chi connectivity index (χ1n) is 15.1. The molecule has 1 aliphatic rings. The van der Waals surface area contributed by atoms with Crippen LogP contribution in [0.2, 0.25) is 0 Å². The van der Waals surface area contributed by atoms with Crippen LogP contribution in [0.15, 0.2) is 53.7 Å². The summed E-state index contributed by atoms with van der Waals surface area (Å²) in [6.45, 7) is 9.65. The molecular formula is C32H43N7O. The number of aromatic nitrogens is 7. The van der Waals surface area contributed by atoms with Crippen LogP contribution in [0.3, 0.4) is 0 Å². The Kier molecular flexibility index (Phi) is 8.92. The summed E-state index contributed by atoms with van der Waals surface area (Å²) in [7, 11) is 0. The van der Waals surface area contributed by atoms with E-state index in [0.717, 1.165) is 53.6 Å². The number of rotatable bonds is 10. The lowest BCUT2D eigenvalue weighted by Gasteiger charge is -2.34. The van der Waals surface area contributed by atoms with Crippen LogP contribution in [0.5, 0.6) is 0 Å². The minimum Gasteiger partial charge on any atom is -0.295 e. The fourth-order valence-corrected chi connectivity index (χ4v) is 6.75. The van der Waals surface area contributed by atoms with E-state index in [1.807, 2.05) is 41.2 Å². The minimum absolute atomic E-state index is 0.114. The highest BCUT2D eigenvalue weighted by molar-refractivity contribution is 5.81. The summed E-state index contributed by atoms with van der Waals surface area (Å²) in [6, 6.07) is 10.3. The monoisotopic (exact) mass is 541 g/mol. The molecule has 0 saturated heterocycles. The lowest BCUT2D eigenvalue weighted by molar-refractivity contribution is 0.175. The van der Waals surface area contributed by atoms with Crippen LogP contribution in [0.1, 0.15) is 89.9 Å². The van der Waals surface area contributed by atoms with E-state index in [1.165, 1.54) is 25.7 Å². The second-order valence-electron chi connectivity index (χ2n) is 11.7. The first kappa shape index (κ1) is 28.0. The van der Waals surface area contributed by atoms with Gasteiger partial charge in [-0.15, -0.1) is 10.2 Å². The molecule has 0 amide bonds. The van der Waals surface area contributed by atoms with Crippen molar-refractivity contribution in [1.29, 1.82) is 0 Å². The molecule has 1 saturated carbocycles. The van der Waals surface area contributed by atoms with Crippen molar-refractivity contribution < 1.29 is 0 Å². The Morgan fingerprint density at radius 2 is 1.85 bits per heavy atom. The number of tetrazole rings is 1. The van der Waals surface area contributed by atoms with Gasteiger partial charge >= 0.3 is 5.69 Å². The van der Waals surface area contributed by atoms with Gasteiger partial charge in [-0.3, -0.25) is 14.1 Å². The third kappa shape index (κ3) is 5.67. The predicted molar refractivity (Wildman–Crippen MR) is 159 cm³/mol. The molecule has 40 heavy (non-hydrogen) atoms. The van der Waals surface area contributed by atoms with Gasteiger partial charge in [0.15, 0.2) is 0 Å². The van der Waals surface area contributed by atoms with Crippen LogP contribution in [-0.2, 0) is 13.0 Å². The van der Waals surface area contributed by atoms with Gasteiger partial charge in [0.1, 0.15) is 0 Å². The van der Waals surface area contributed by atoms with Crippen molar-refractivity contribution in [3.05, 3.63) is 70.7 Å². The van der Waals surface area contributed by atoms with E-state index in [4.69, 9.17) is 0 Å². The molecule has 1 aromatic carbocycles. The number of unbranched alkanes of at least 4 members (excludes halogenated alkanes) is 1. The predicted octanol–water partition coefficient (Wildman–Crippen LogP) is 6.70. The molecule has 0 spiro atoms. The number of nitrogens with zero attached hydrogens (tertiary/aromatic N) is 6. The summed E-state index contributed by atoms with van der Waals surface area (Å²) in [5, 5.41) is 14.8. The van der Waals surface area contributed by atoms with Gasteiger partial charge in [0.05, 0.1) is 6.54 Å². The maximum Gasteiger partial charge on any atom is 0.328 e. The lowest BCUT2D eigenvalue weighted by Crippen LogP contribution is -2.36. The molecule has 8 nitrogen and oxygen atoms in total. The maximum atomic E-state index is 14.4. The van der Waals surface area contributed by atoms with Crippen molar-refractivity contribution in [3.8, 4) is 22.5 Å². The van der Waals surface area contributed by atoms with Gasteiger partial charge in [-0.2, -0.15) is 5.21 Å². The Morgan fingerprint density at radius 1 is 1.05 bits per heavy atom. The second-order valence-corrected chi connectivity index (χ2v) is 11.7. The van der Waals surface area contributed by atoms with Crippen molar-refractivity contribution in [2.24, 2.45) is 17.8 Å². The summed E-state index contributed by atoms with van der Waals surface area (Å²) in [5.74, 6) is 2.12. The number of hydrogen-bond donors (Lipinski definition) is 1. The average Bonchev–Trinajstić information content (AvgIpc) is 3.55. The number of hydrogen-bond acceptors (Lipinski definition) is 5. The molecule has 3 heterocycles. The van der Waals surface area contributed by atoms with Crippen LogP contribution in [0, 0.1) is 17.8 Å². The highest BCUT2D eigenvalue weighted by Crippen LogP contribution is 2.42. The molecule has 1 N–H and O–H groups in total. The molecule has 5 rings (SSSR count). The van der Waals surface area contributed by atoms with E-state index in [1.54, 1.807) is 0 Å². The molecule has 1 fully saturated rings. The van der Waals surface area contributed by atoms with E-state index in [0.29, 0.717) is 30.1 Å². The number of aromatic amines is 1. The molecule has 8 heteroatoms. The summed E-state index contributed by atoms with van der Waals surface area (Å²) < 4.78 is 4.15. The summed E-state index contributed by atoms with van der Waals surface area (Å²) in [5.41, 5.74) is 5.15. The molecule has 212 valence electrons. The number of pyridine rings is 1. The first-order valence-corrected chi connectivity index (χ1v) is 15.1. The quantitative estimate of drug-likeness (QED) is 0.226. The largest absolute Gasteiger partial charge is 0.328 e. The lowest BCUT2D eigenvalue weighted by atomic mass is 9.79. The molecule has 0 bridgehead atoms. The Hall–Kier alpha value is -3.55. The van der Waals surface area contributed by atoms with Gasteiger partial charge in [0, 0.05) is 35.9 Å². The van der Waals surface area contributed by atoms with Crippen molar-refractivity contribution in [1.82, 2.24) is 34.7 Å².